The first-order valence-electron chi connectivity index (χ1n) is 7.41. The summed E-state index contributed by atoms with van der Waals surface area (Å²) in [7, 11) is 0. The molecule has 1 amide bonds. The first-order chi connectivity index (χ1) is 10.8. The smallest absolute Gasteiger partial charge is 0.229 e. The van der Waals surface area contributed by atoms with Crippen LogP contribution in [-0.4, -0.2) is 15.9 Å². The minimum Gasteiger partial charge on any atom is -0.338 e. The van der Waals surface area contributed by atoms with E-state index in [0.717, 1.165) is 22.4 Å². The van der Waals surface area contributed by atoms with Crippen molar-refractivity contribution in [1.82, 2.24) is 9.97 Å². The SMILES string of the molecule is CC(C)(C)C(=O)Nc1cc(-c2nc3ccccc3[nH]2)ccc1Cl. The molecule has 4 nitrogen and oxygen atoms in total. The number of H-pyrrole nitrogens is 1. The molecule has 0 aliphatic heterocycles. The van der Waals surface area contributed by atoms with Crippen molar-refractivity contribution >= 4 is 34.2 Å². The van der Waals surface area contributed by atoms with Gasteiger partial charge in [-0.15, -0.1) is 0 Å². The van der Waals surface area contributed by atoms with Gasteiger partial charge in [-0.1, -0.05) is 44.5 Å². The lowest BCUT2D eigenvalue weighted by atomic mass is 9.95. The van der Waals surface area contributed by atoms with Crippen molar-refractivity contribution < 1.29 is 4.79 Å². The molecule has 23 heavy (non-hydrogen) atoms. The highest BCUT2D eigenvalue weighted by Gasteiger charge is 2.22. The number of halogens is 1. The van der Waals surface area contributed by atoms with E-state index < -0.39 is 5.41 Å². The van der Waals surface area contributed by atoms with E-state index in [1.54, 1.807) is 6.07 Å². The molecule has 0 spiro atoms. The van der Waals surface area contributed by atoms with E-state index >= 15 is 0 Å². The molecule has 3 aromatic rings. The van der Waals surface area contributed by atoms with Crippen molar-refractivity contribution in [3.8, 4) is 11.4 Å². The molecule has 0 aliphatic rings. The molecule has 118 valence electrons. The molecule has 2 N–H and O–H groups in total. The summed E-state index contributed by atoms with van der Waals surface area (Å²) < 4.78 is 0. The van der Waals surface area contributed by atoms with Gasteiger partial charge >= 0.3 is 0 Å². The Morgan fingerprint density at radius 2 is 1.91 bits per heavy atom. The van der Waals surface area contributed by atoms with Crippen LogP contribution >= 0.6 is 11.6 Å². The molecule has 5 heteroatoms. The van der Waals surface area contributed by atoms with Gasteiger partial charge in [-0.05, 0) is 30.3 Å². The molecule has 1 heterocycles. The fourth-order valence-electron chi connectivity index (χ4n) is 2.17. The number of hydrogen-bond acceptors (Lipinski definition) is 2. The summed E-state index contributed by atoms with van der Waals surface area (Å²) in [5, 5.41) is 3.38. The summed E-state index contributed by atoms with van der Waals surface area (Å²) in [4.78, 5) is 20.0. The third kappa shape index (κ3) is 3.22. The summed E-state index contributed by atoms with van der Waals surface area (Å²) in [6.07, 6.45) is 0. The number of amides is 1. The van der Waals surface area contributed by atoms with Crippen LogP contribution in [0.1, 0.15) is 20.8 Å². The highest BCUT2D eigenvalue weighted by molar-refractivity contribution is 6.33. The summed E-state index contributed by atoms with van der Waals surface area (Å²) in [6, 6.07) is 13.3. The monoisotopic (exact) mass is 327 g/mol. The first kappa shape index (κ1) is 15.6. The predicted molar refractivity (Wildman–Crippen MR) is 94.6 cm³/mol. The van der Waals surface area contributed by atoms with Crippen LogP contribution in [-0.2, 0) is 4.79 Å². The van der Waals surface area contributed by atoms with Crippen molar-refractivity contribution in [3.63, 3.8) is 0 Å². The highest BCUT2D eigenvalue weighted by atomic mass is 35.5. The fraction of sp³-hybridized carbons (Fsp3) is 0.222. The van der Waals surface area contributed by atoms with Gasteiger partial charge in [0.2, 0.25) is 5.91 Å². The molecule has 0 radical (unpaired) electrons. The number of anilines is 1. The van der Waals surface area contributed by atoms with E-state index in [9.17, 15) is 4.79 Å². The second-order valence-corrected chi connectivity index (χ2v) is 6.91. The zero-order valence-electron chi connectivity index (χ0n) is 13.3. The normalized spacial score (nSPS) is 11.7. The predicted octanol–water partition coefficient (Wildman–Crippen LogP) is 4.87. The van der Waals surface area contributed by atoms with E-state index in [-0.39, 0.29) is 5.91 Å². The zero-order chi connectivity index (χ0) is 16.6. The molecule has 0 aliphatic carbocycles. The maximum absolute atomic E-state index is 12.2. The van der Waals surface area contributed by atoms with Gasteiger partial charge in [0, 0.05) is 11.0 Å². The first-order valence-corrected chi connectivity index (χ1v) is 7.78. The molecule has 2 aromatic carbocycles. The van der Waals surface area contributed by atoms with Crippen molar-refractivity contribution in [3.05, 3.63) is 47.5 Å². The molecule has 0 bridgehead atoms. The second kappa shape index (κ2) is 5.70. The van der Waals surface area contributed by atoms with Crippen LogP contribution in [0.2, 0.25) is 5.02 Å². The van der Waals surface area contributed by atoms with E-state index in [1.807, 2.05) is 57.2 Å². The average molecular weight is 328 g/mol. The lowest BCUT2D eigenvalue weighted by Crippen LogP contribution is -2.27. The number of hydrogen-bond donors (Lipinski definition) is 2. The van der Waals surface area contributed by atoms with Gasteiger partial charge < -0.3 is 10.3 Å². The molecule has 0 fully saturated rings. The molecule has 0 saturated carbocycles. The van der Waals surface area contributed by atoms with Gasteiger partial charge in [0.15, 0.2) is 0 Å². The van der Waals surface area contributed by atoms with Gasteiger partial charge in [0.05, 0.1) is 21.7 Å². The minimum absolute atomic E-state index is 0.0823. The number of fused-ring (bicyclic) bond motifs is 1. The van der Waals surface area contributed by atoms with Gasteiger partial charge in [0.1, 0.15) is 5.82 Å². The maximum atomic E-state index is 12.2. The van der Waals surface area contributed by atoms with E-state index in [2.05, 4.69) is 15.3 Å². The Morgan fingerprint density at radius 1 is 1.17 bits per heavy atom. The van der Waals surface area contributed by atoms with Crippen molar-refractivity contribution in [1.29, 1.82) is 0 Å². The molecular weight excluding hydrogens is 310 g/mol. The molecule has 0 atom stereocenters. The number of para-hydroxylation sites is 2. The Labute approximate surface area is 139 Å². The Balaban J connectivity index is 1.98. The van der Waals surface area contributed by atoms with Gasteiger partial charge in [-0.25, -0.2) is 4.98 Å². The van der Waals surface area contributed by atoms with Crippen molar-refractivity contribution in [2.45, 2.75) is 20.8 Å². The van der Waals surface area contributed by atoms with Crippen LogP contribution in [0, 0.1) is 5.41 Å². The number of aromatic nitrogens is 2. The Hall–Kier alpha value is -2.33. The fourth-order valence-corrected chi connectivity index (χ4v) is 2.33. The van der Waals surface area contributed by atoms with Gasteiger partial charge in [0.25, 0.3) is 0 Å². The van der Waals surface area contributed by atoms with Crippen LogP contribution in [0.15, 0.2) is 42.5 Å². The third-order valence-corrected chi connectivity index (χ3v) is 3.89. The number of carbonyl (C=O) groups excluding carboxylic acids is 1. The maximum Gasteiger partial charge on any atom is 0.229 e. The number of carbonyl (C=O) groups is 1. The van der Waals surface area contributed by atoms with Crippen LogP contribution < -0.4 is 5.32 Å². The summed E-state index contributed by atoms with van der Waals surface area (Å²) in [6.45, 7) is 5.58. The second-order valence-electron chi connectivity index (χ2n) is 6.50. The number of imidazole rings is 1. The Kier molecular flexibility index (Phi) is 3.86. The lowest BCUT2D eigenvalue weighted by Gasteiger charge is -2.18. The number of rotatable bonds is 2. The van der Waals surface area contributed by atoms with E-state index in [4.69, 9.17) is 11.6 Å². The molecule has 0 unspecified atom stereocenters. The molecule has 0 saturated heterocycles. The third-order valence-electron chi connectivity index (χ3n) is 3.56. The van der Waals surface area contributed by atoms with Crippen LogP contribution in [0.5, 0.6) is 0 Å². The van der Waals surface area contributed by atoms with E-state index in [0.29, 0.717) is 10.7 Å². The van der Waals surface area contributed by atoms with Gasteiger partial charge in [-0.3, -0.25) is 4.79 Å². The quantitative estimate of drug-likeness (QED) is 0.705. The largest absolute Gasteiger partial charge is 0.338 e. The standard InChI is InChI=1S/C18H18ClN3O/c1-18(2,3)17(23)22-15-10-11(8-9-12(15)19)16-20-13-6-4-5-7-14(13)21-16/h4-10H,1-3H3,(H,20,21)(H,22,23). The zero-order valence-corrected chi connectivity index (χ0v) is 14.0. The summed E-state index contributed by atoms with van der Waals surface area (Å²) >= 11 is 6.21. The van der Waals surface area contributed by atoms with Crippen LogP contribution in [0.3, 0.4) is 0 Å². The van der Waals surface area contributed by atoms with Crippen LogP contribution in [0.4, 0.5) is 5.69 Å². The summed E-state index contributed by atoms with van der Waals surface area (Å²) in [5.41, 5.74) is 2.84. The average Bonchev–Trinajstić information content (AvgIpc) is 2.92. The molecule has 3 rings (SSSR count). The number of nitrogens with one attached hydrogen (secondary N) is 2. The topological polar surface area (TPSA) is 57.8 Å². The minimum atomic E-state index is -0.487. The van der Waals surface area contributed by atoms with E-state index in [1.165, 1.54) is 0 Å². The summed E-state index contributed by atoms with van der Waals surface area (Å²) in [5.74, 6) is 0.662. The number of benzene rings is 2. The Bertz CT molecular complexity index is 844. The van der Waals surface area contributed by atoms with Gasteiger partial charge in [-0.2, -0.15) is 0 Å². The number of nitrogens with zero attached hydrogens (tertiary/aromatic N) is 1. The molecular formula is C18H18ClN3O. The Morgan fingerprint density at radius 3 is 2.61 bits per heavy atom. The number of aromatic amines is 1. The molecule has 1 aromatic heterocycles. The van der Waals surface area contributed by atoms with Crippen LogP contribution in [0.25, 0.3) is 22.4 Å². The lowest BCUT2D eigenvalue weighted by molar-refractivity contribution is -0.123. The van der Waals surface area contributed by atoms with Crippen molar-refractivity contribution in [2.24, 2.45) is 5.41 Å². The highest BCUT2D eigenvalue weighted by Crippen LogP contribution is 2.30. The van der Waals surface area contributed by atoms with Crippen molar-refractivity contribution in [2.75, 3.05) is 5.32 Å².